The molecular formula is C19H28ClFN4O. The Morgan fingerprint density at radius 3 is 2.77 bits per heavy atom. The lowest BCUT2D eigenvalue weighted by molar-refractivity contribution is -0.00834. The first-order chi connectivity index (χ1) is 12.4. The molecule has 1 heterocycles. The van der Waals surface area contributed by atoms with E-state index in [-0.39, 0.29) is 23.3 Å². The van der Waals surface area contributed by atoms with Gasteiger partial charge < -0.3 is 15.4 Å². The molecule has 5 nitrogen and oxygen atoms in total. The van der Waals surface area contributed by atoms with Crippen LogP contribution >= 0.6 is 11.6 Å². The van der Waals surface area contributed by atoms with Crippen LogP contribution in [0.3, 0.4) is 0 Å². The molecule has 0 spiro atoms. The summed E-state index contributed by atoms with van der Waals surface area (Å²) in [6, 6.07) is 5.00. The molecule has 1 aliphatic heterocycles. The topological polar surface area (TPSA) is 48.9 Å². The molecule has 1 saturated carbocycles. The molecule has 2 unspecified atom stereocenters. The molecule has 0 amide bonds. The van der Waals surface area contributed by atoms with E-state index in [1.54, 1.807) is 19.2 Å². The quantitative estimate of drug-likeness (QED) is 0.607. The third-order valence-electron chi connectivity index (χ3n) is 5.26. The summed E-state index contributed by atoms with van der Waals surface area (Å²) < 4.78 is 19.5. The van der Waals surface area contributed by atoms with E-state index in [1.165, 1.54) is 6.07 Å². The van der Waals surface area contributed by atoms with E-state index in [0.29, 0.717) is 10.6 Å². The number of morpholine rings is 1. The first-order valence-electron chi connectivity index (χ1n) is 9.16. The minimum atomic E-state index is -0.233. The Labute approximate surface area is 160 Å². The maximum atomic E-state index is 14.1. The Hall–Kier alpha value is -1.37. The first-order valence-corrected chi connectivity index (χ1v) is 9.54. The van der Waals surface area contributed by atoms with E-state index in [9.17, 15) is 4.39 Å². The van der Waals surface area contributed by atoms with E-state index in [4.69, 9.17) is 16.3 Å². The number of guanidine groups is 1. The van der Waals surface area contributed by atoms with Crippen LogP contribution in [-0.4, -0.2) is 62.3 Å². The fourth-order valence-electron chi connectivity index (χ4n) is 3.49. The molecule has 1 saturated heterocycles. The zero-order valence-electron chi connectivity index (χ0n) is 15.7. The molecule has 2 N–H and O–H groups in total. The van der Waals surface area contributed by atoms with Crippen LogP contribution in [0.4, 0.5) is 4.39 Å². The van der Waals surface area contributed by atoms with Crippen molar-refractivity contribution in [3.8, 4) is 0 Å². The summed E-state index contributed by atoms with van der Waals surface area (Å²) in [5, 5.41) is 7.29. The number of hydrogen-bond donors (Lipinski definition) is 2. The summed E-state index contributed by atoms with van der Waals surface area (Å²) in [6.45, 7) is 8.65. The van der Waals surface area contributed by atoms with Gasteiger partial charge in [-0.1, -0.05) is 17.7 Å². The van der Waals surface area contributed by atoms with Crippen molar-refractivity contribution < 1.29 is 9.13 Å². The summed E-state index contributed by atoms with van der Waals surface area (Å²) in [5.74, 6) is 0.601. The van der Waals surface area contributed by atoms with Gasteiger partial charge in [-0.2, -0.15) is 0 Å². The second-order valence-electron chi connectivity index (χ2n) is 7.57. The van der Waals surface area contributed by atoms with Gasteiger partial charge in [0.15, 0.2) is 5.96 Å². The minimum Gasteiger partial charge on any atom is -0.379 e. The summed E-state index contributed by atoms with van der Waals surface area (Å²) in [7, 11) is 1.75. The molecule has 0 aromatic heterocycles. The number of halogens is 2. The molecule has 1 aliphatic carbocycles. The molecule has 2 aliphatic rings. The Balaban J connectivity index is 1.53. The summed E-state index contributed by atoms with van der Waals surface area (Å²) >= 11 is 6.18. The highest BCUT2D eigenvalue weighted by molar-refractivity contribution is 6.31. The van der Waals surface area contributed by atoms with E-state index < -0.39 is 0 Å². The van der Waals surface area contributed by atoms with E-state index in [1.807, 2.05) is 0 Å². The van der Waals surface area contributed by atoms with E-state index in [0.717, 1.165) is 45.2 Å². The third kappa shape index (κ3) is 4.48. The molecule has 2 atom stereocenters. The number of rotatable bonds is 5. The smallest absolute Gasteiger partial charge is 0.191 e. The molecule has 26 heavy (non-hydrogen) atoms. The summed E-state index contributed by atoms with van der Waals surface area (Å²) in [6.07, 6.45) is 0.855. The first kappa shape index (κ1) is 19.4. The van der Waals surface area contributed by atoms with Crippen molar-refractivity contribution in [2.45, 2.75) is 37.8 Å². The fraction of sp³-hybridized carbons (Fsp3) is 0.632. The van der Waals surface area contributed by atoms with Gasteiger partial charge in [0.1, 0.15) is 5.82 Å². The van der Waals surface area contributed by atoms with Gasteiger partial charge in [-0.25, -0.2) is 4.39 Å². The van der Waals surface area contributed by atoms with Crippen LogP contribution in [0.2, 0.25) is 5.02 Å². The van der Waals surface area contributed by atoms with Crippen molar-refractivity contribution in [2.24, 2.45) is 4.99 Å². The van der Waals surface area contributed by atoms with Crippen molar-refractivity contribution >= 4 is 17.6 Å². The van der Waals surface area contributed by atoms with Gasteiger partial charge in [-0.15, -0.1) is 0 Å². The lowest BCUT2D eigenvalue weighted by Gasteiger charge is -2.41. The van der Waals surface area contributed by atoms with Crippen LogP contribution in [0.5, 0.6) is 0 Å². The monoisotopic (exact) mass is 382 g/mol. The average Bonchev–Trinajstić information content (AvgIpc) is 3.38. The highest BCUT2D eigenvalue weighted by Gasteiger charge is 2.42. The molecule has 1 aromatic carbocycles. The molecule has 7 heteroatoms. The SMILES string of the molecule is CN=C(NCC(C)(C)N1CCOCC1)NC1CC1c1c(F)cccc1Cl. The zero-order valence-corrected chi connectivity index (χ0v) is 16.4. The van der Waals surface area contributed by atoms with Crippen LogP contribution in [0.25, 0.3) is 0 Å². The van der Waals surface area contributed by atoms with Crippen molar-refractivity contribution in [3.63, 3.8) is 0 Å². The number of aliphatic imine (C=N–C) groups is 1. The fourth-order valence-corrected chi connectivity index (χ4v) is 3.79. The maximum absolute atomic E-state index is 14.1. The lowest BCUT2D eigenvalue weighted by Crippen LogP contribution is -2.56. The Kier molecular flexibility index (Phi) is 6.05. The highest BCUT2D eigenvalue weighted by Crippen LogP contribution is 2.44. The second kappa shape index (κ2) is 8.11. The molecule has 0 radical (unpaired) electrons. The normalized spacial score (nSPS) is 24.4. The predicted octanol–water partition coefficient (Wildman–Crippen LogP) is 2.61. The van der Waals surface area contributed by atoms with Gasteiger partial charge in [0.25, 0.3) is 0 Å². The average molecular weight is 383 g/mol. The number of hydrogen-bond acceptors (Lipinski definition) is 3. The zero-order chi connectivity index (χ0) is 18.7. The van der Waals surface area contributed by atoms with Crippen LogP contribution in [0.1, 0.15) is 31.7 Å². The van der Waals surface area contributed by atoms with Crippen molar-refractivity contribution in [2.75, 3.05) is 39.9 Å². The highest BCUT2D eigenvalue weighted by atomic mass is 35.5. The number of nitrogens with zero attached hydrogens (tertiary/aromatic N) is 2. The van der Waals surface area contributed by atoms with Gasteiger partial charge in [0, 0.05) is 54.8 Å². The van der Waals surface area contributed by atoms with Crippen LogP contribution < -0.4 is 10.6 Å². The van der Waals surface area contributed by atoms with Crippen LogP contribution in [-0.2, 0) is 4.74 Å². The predicted molar refractivity (Wildman–Crippen MR) is 104 cm³/mol. The summed E-state index contributed by atoms with van der Waals surface area (Å²) in [4.78, 5) is 6.74. The maximum Gasteiger partial charge on any atom is 0.191 e. The van der Waals surface area contributed by atoms with E-state index >= 15 is 0 Å². The van der Waals surface area contributed by atoms with Gasteiger partial charge in [0.2, 0.25) is 0 Å². The van der Waals surface area contributed by atoms with E-state index in [2.05, 4.69) is 34.4 Å². The largest absolute Gasteiger partial charge is 0.379 e. The molecular weight excluding hydrogens is 355 g/mol. The lowest BCUT2D eigenvalue weighted by atomic mass is 10.0. The number of ether oxygens (including phenoxy) is 1. The molecule has 1 aromatic rings. The van der Waals surface area contributed by atoms with Gasteiger partial charge in [0.05, 0.1) is 13.2 Å². The van der Waals surface area contributed by atoms with Crippen LogP contribution in [0.15, 0.2) is 23.2 Å². The Morgan fingerprint density at radius 2 is 2.12 bits per heavy atom. The van der Waals surface area contributed by atoms with Gasteiger partial charge in [-0.3, -0.25) is 9.89 Å². The third-order valence-corrected chi connectivity index (χ3v) is 5.59. The number of nitrogens with one attached hydrogen (secondary N) is 2. The molecule has 3 rings (SSSR count). The van der Waals surface area contributed by atoms with Crippen molar-refractivity contribution in [3.05, 3.63) is 34.6 Å². The molecule has 0 bridgehead atoms. The Bertz CT molecular complexity index is 641. The molecule has 2 fully saturated rings. The molecule has 144 valence electrons. The standard InChI is InChI=1S/C19H28ClFN4O/c1-19(2,25-7-9-26-10-8-25)12-23-18(22-3)24-16-11-13(16)17-14(20)5-4-6-15(17)21/h4-6,13,16H,7-12H2,1-3H3,(H2,22,23,24). The van der Waals surface area contributed by atoms with Crippen LogP contribution in [0, 0.1) is 5.82 Å². The second-order valence-corrected chi connectivity index (χ2v) is 7.97. The Morgan fingerprint density at radius 1 is 1.38 bits per heavy atom. The van der Waals surface area contributed by atoms with Crippen molar-refractivity contribution in [1.82, 2.24) is 15.5 Å². The summed E-state index contributed by atoms with van der Waals surface area (Å²) in [5.41, 5.74) is 0.606. The van der Waals surface area contributed by atoms with Crippen molar-refractivity contribution in [1.29, 1.82) is 0 Å². The van der Waals surface area contributed by atoms with Gasteiger partial charge >= 0.3 is 0 Å². The number of benzene rings is 1. The minimum absolute atomic E-state index is 0.000795. The van der Waals surface area contributed by atoms with Gasteiger partial charge in [-0.05, 0) is 32.4 Å².